The van der Waals surface area contributed by atoms with Crippen LogP contribution in [0.4, 0.5) is 13.2 Å². The van der Waals surface area contributed by atoms with Crippen LogP contribution < -0.4 is 0 Å². The average molecular weight is 283 g/mol. The number of aromatic nitrogens is 1. The first-order valence-corrected chi connectivity index (χ1v) is 5.95. The van der Waals surface area contributed by atoms with Crippen molar-refractivity contribution < 1.29 is 22.7 Å². The van der Waals surface area contributed by atoms with Crippen molar-refractivity contribution in [3.8, 4) is 11.3 Å². The molecule has 0 bridgehead atoms. The summed E-state index contributed by atoms with van der Waals surface area (Å²) < 4.78 is 43.5. The predicted octanol–water partition coefficient (Wildman–Crippen LogP) is 3.88. The Morgan fingerprint density at radius 3 is 2.65 bits per heavy atom. The van der Waals surface area contributed by atoms with Gasteiger partial charge < -0.3 is 9.72 Å². The first-order chi connectivity index (χ1) is 9.43. The molecule has 1 aromatic heterocycles. The summed E-state index contributed by atoms with van der Waals surface area (Å²) in [5, 5.41) is 0. The summed E-state index contributed by atoms with van der Waals surface area (Å²) in [6.45, 7) is 1.86. The molecule has 1 N–H and O–H groups in total. The van der Waals surface area contributed by atoms with E-state index < -0.39 is 17.7 Å². The summed E-state index contributed by atoms with van der Waals surface area (Å²) in [7, 11) is 0. The van der Waals surface area contributed by atoms with E-state index in [1.54, 1.807) is 6.92 Å². The lowest BCUT2D eigenvalue weighted by Gasteiger charge is -2.11. The first-order valence-electron chi connectivity index (χ1n) is 5.95. The quantitative estimate of drug-likeness (QED) is 0.869. The molecule has 0 saturated heterocycles. The van der Waals surface area contributed by atoms with Gasteiger partial charge in [0, 0.05) is 17.5 Å². The fraction of sp³-hybridized carbons (Fsp3) is 0.214. The molecule has 0 aliphatic rings. The number of rotatable bonds is 3. The van der Waals surface area contributed by atoms with E-state index in [2.05, 4.69) is 4.98 Å². The normalized spacial score (nSPS) is 11.4. The molecular weight excluding hydrogens is 271 g/mol. The summed E-state index contributed by atoms with van der Waals surface area (Å²) in [4.78, 5) is 14.2. The summed E-state index contributed by atoms with van der Waals surface area (Å²) >= 11 is 0. The van der Waals surface area contributed by atoms with Gasteiger partial charge in [-0.25, -0.2) is 4.79 Å². The van der Waals surface area contributed by atoms with Crippen LogP contribution in [0.1, 0.15) is 22.8 Å². The summed E-state index contributed by atoms with van der Waals surface area (Å²) in [6, 6.07) is 6.53. The van der Waals surface area contributed by atoms with Crippen LogP contribution in [-0.2, 0) is 10.9 Å². The number of benzene rings is 1. The van der Waals surface area contributed by atoms with Crippen LogP contribution in [-0.4, -0.2) is 17.6 Å². The van der Waals surface area contributed by atoms with Gasteiger partial charge in [-0.05, 0) is 19.1 Å². The summed E-state index contributed by atoms with van der Waals surface area (Å²) in [5.74, 6) is -0.570. The van der Waals surface area contributed by atoms with Crippen molar-refractivity contribution >= 4 is 5.97 Å². The number of esters is 1. The van der Waals surface area contributed by atoms with E-state index >= 15 is 0 Å². The molecule has 0 fully saturated rings. The monoisotopic (exact) mass is 283 g/mol. The molecule has 0 spiro atoms. The third-order valence-electron chi connectivity index (χ3n) is 2.72. The molecule has 1 aromatic carbocycles. The lowest BCUT2D eigenvalue weighted by atomic mass is 10.0. The zero-order valence-electron chi connectivity index (χ0n) is 10.6. The predicted molar refractivity (Wildman–Crippen MR) is 67.2 cm³/mol. The Hall–Kier alpha value is -2.24. The number of hydrogen-bond donors (Lipinski definition) is 1. The smallest absolute Gasteiger partial charge is 0.417 e. The van der Waals surface area contributed by atoms with Crippen LogP contribution in [0, 0.1) is 0 Å². The van der Waals surface area contributed by atoms with Gasteiger partial charge in [0.15, 0.2) is 0 Å². The number of carbonyl (C=O) groups excluding carboxylic acids is 1. The molecule has 0 radical (unpaired) electrons. The third kappa shape index (κ3) is 2.84. The van der Waals surface area contributed by atoms with Crippen molar-refractivity contribution in [1.29, 1.82) is 0 Å². The minimum absolute atomic E-state index is 0.00412. The second kappa shape index (κ2) is 5.40. The lowest BCUT2D eigenvalue weighted by Crippen LogP contribution is -2.06. The zero-order valence-corrected chi connectivity index (χ0v) is 10.6. The zero-order chi connectivity index (χ0) is 14.8. The van der Waals surface area contributed by atoms with Crippen molar-refractivity contribution in [2.24, 2.45) is 0 Å². The second-order valence-electron chi connectivity index (χ2n) is 4.07. The van der Waals surface area contributed by atoms with Crippen molar-refractivity contribution in [3.63, 3.8) is 0 Å². The van der Waals surface area contributed by atoms with Crippen molar-refractivity contribution in [2.75, 3.05) is 6.61 Å². The van der Waals surface area contributed by atoms with Crippen LogP contribution in [0.25, 0.3) is 11.3 Å². The molecule has 3 nitrogen and oxygen atoms in total. The molecule has 0 aliphatic carbocycles. The Kier molecular flexibility index (Phi) is 3.83. The van der Waals surface area contributed by atoms with E-state index in [9.17, 15) is 18.0 Å². The van der Waals surface area contributed by atoms with E-state index in [4.69, 9.17) is 4.74 Å². The van der Waals surface area contributed by atoms with E-state index in [0.717, 1.165) is 6.07 Å². The molecule has 0 unspecified atom stereocenters. The molecule has 20 heavy (non-hydrogen) atoms. The SMILES string of the molecule is CCOC(=O)c1c[nH]c(-c2ccccc2C(F)(F)F)c1. The second-order valence-corrected chi connectivity index (χ2v) is 4.07. The fourth-order valence-electron chi connectivity index (χ4n) is 1.85. The van der Waals surface area contributed by atoms with E-state index in [1.165, 1.54) is 30.5 Å². The van der Waals surface area contributed by atoms with Gasteiger partial charge in [0.25, 0.3) is 0 Å². The molecule has 0 amide bonds. The van der Waals surface area contributed by atoms with Crippen molar-refractivity contribution in [3.05, 3.63) is 47.7 Å². The number of carbonyl (C=O) groups is 1. The highest BCUT2D eigenvalue weighted by atomic mass is 19.4. The van der Waals surface area contributed by atoms with Crippen molar-refractivity contribution in [1.82, 2.24) is 4.98 Å². The minimum atomic E-state index is -4.45. The number of halogens is 3. The van der Waals surface area contributed by atoms with Gasteiger partial charge in [-0.1, -0.05) is 18.2 Å². The molecule has 0 aliphatic heterocycles. The number of H-pyrrole nitrogens is 1. The number of nitrogens with one attached hydrogen (secondary N) is 1. The standard InChI is InChI=1S/C14H12F3NO2/c1-2-20-13(19)9-7-12(18-8-9)10-5-3-4-6-11(10)14(15,16)17/h3-8,18H,2H2,1H3. The van der Waals surface area contributed by atoms with Gasteiger partial charge in [-0.2, -0.15) is 13.2 Å². The first kappa shape index (κ1) is 14.2. The van der Waals surface area contributed by atoms with E-state index in [1.807, 2.05) is 0 Å². The Labute approximate surface area is 113 Å². The Morgan fingerprint density at radius 1 is 1.30 bits per heavy atom. The van der Waals surface area contributed by atoms with Gasteiger partial charge in [0.2, 0.25) is 0 Å². The van der Waals surface area contributed by atoms with Gasteiger partial charge in [0.05, 0.1) is 17.7 Å². The molecule has 6 heteroatoms. The van der Waals surface area contributed by atoms with Gasteiger partial charge in [0.1, 0.15) is 0 Å². The molecule has 0 saturated carbocycles. The topological polar surface area (TPSA) is 42.1 Å². The fourth-order valence-corrected chi connectivity index (χ4v) is 1.85. The van der Waals surface area contributed by atoms with Gasteiger partial charge in [-0.3, -0.25) is 0 Å². The highest BCUT2D eigenvalue weighted by Gasteiger charge is 2.33. The van der Waals surface area contributed by atoms with E-state index in [0.29, 0.717) is 0 Å². The maximum atomic E-state index is 12.9. The van der Waals surface area contributed by atoms with Gasteiger partial charge >= 0.3 is 12.1 Å². The summed E-state index contributed by atoms with van der Waals surface area (Å²) in [5.41, 5.74) is -0.340. The number of hydrogen-bond acceptors (Lipinski definition) is 2. The molecule has 2 aromatic rings. The lowest BCUT2D eigenvalue weighted by molar-refractivity contribution is -0.137. The number of ether oxygens (including phenoxy) is 1. The highest BCUT2D eigenvalue weighted by Crippen LogP contribution is 2.36. The van der Waals surface area contributed by atoms with Crippen LogP contribution in [0.3, 0.4) is 0 Å². The minimum Gasteiger partial charge on any atom is -0.462 e. The Balaban J connectivity index is 2.41. The molecule has 0 atom stereocenters. The van der Waals surface area contributed by atoms with Crippen molar-refractivity contribution in [2.45, 2.75) is 13.1 Å². The Morgan fingerprint density at radius 2 is 2.00 bits per heavy atom. The maximum absolute atomic E-state index is 12.9. The van der Waals surface area contributed by atoms with Crippen LogP contribution in [0.2, 0.25) is 0 Å². The maximum Gasteiger partial charge on any atom is 0.417 e. The number of alkyl halides is 3. The Bertz CT molecular complexity index is 617. The largest absolute Gasteiger partial charge is 0.462 e. The number of aromatic amines is 1. The van der Waals surface area contributed by atoms with E-state index in [-0.39, 0.29) is 23.4 Å². The van der Waals surface area contributed by atoms with Crippen LogP contribution in [0.15, 0.2) is 36.5 Å². The van der Waals surface area contributed by atoms with Gasteiger partial charge in [-0.15, -0.1) is 0 Å². The highest BCUT2D eigenvalue weighted by molar-refractivity contribution is 5.91. The average Bonchev–Trinajstić information content (AvgIpc) is 2.87. The summed E-state index contributed by atoms with van der Waals surface area (Å²) in [6.07, 6.45) is -3.12. The van der Waals surface area contributed by atoms with Crippen LogP contribution in [0.5, 0.6) is 0 Å². The third-order valence-corrected chi connectivity index (χ3v) is 2.72. The molecular formula is C14H12F3NO2. The molecule has 1 heterocycles. The molecule has 2 rings (SSSR count). The van der Waals surface area contributed by atoms with Crippen LogP contribution >= 0.6 is 0 Å². The molecule has 106 valence electrons.